The van der Waals surface area contributed by atoms with Gasteiger partial charge in [0.15, 0.2) is 5.76 Å². The topological polar surface area (TPSA) is 105 Å². The summed E-state index contributed by atoms with van der Waals surface area (Å²) < 4.78 is 16.7. The van der Waals surface area contributed by atoms with E-state index < -0.39 is 0 Å². The van der Waals surface area contributed by atoms with E-state index in [-0.39, 0.29) is 24.4 Å². The first kappa shape index (κ1) is 18.4. The van der Waals surface area contributed by atoms with E-state index in [1.54, 1.807) is 48.5 Å². The monoisotopic (exact) mass is 409 g/mol. The van der Waals surface area contributed by atoms with E-state index in [1.807, 2.05) is 6.07 Å². The van der Waals surface area contributed by atoms with Crippen LogP contribution in [0.2, 0.25) is 0 Å². The molecule has 5 rings (SSSR count). The number of hydrogen-bond acceptors (Lipinski definition) is 8. The number of morpholine rings is 1. The SMILES string of the molecule is COc1ccc2oc(C(=O)N3CCOC(COn4nnc5cccnc54)C3)cc2c1. The fourth-order valence-corrected chi connectivity index (χ4v) is 3.40. The molecule has 0 radical (unpaired) electrons. The highest BCUT2D eigenvalue weighted by atomic mass is 16.7. The molecule has 10 heteroatoms. The minimum absolute atomic E-state index is 0.189. The van der Waals surface area contributed by atoms with Gasteiger partial charge in [0.25, 0.3) is 5.91 Å². The molecule has 0 aliphatic carbocycles. The molecule has 1 amide bonds. The summed E-state index contributed by atoms with van der Waals surface area (Å²) in [5.41, 5.74) is 1.80. The van der Waals surface area contributed by atoms with Crippen LogP contribution in [0, 0.1) is 0 Å². The molecule has 1 atom stereocenters. The van der Waals surface area contributed by atoms with Crippen LogP contribution in [0.5, 0.6) is 5.75 Å². The van der Waals surface area contributed by atoms with Crippen molar-refractivity contribution in [1.29, 1.82) is 0 Å². The Balaban J connectivity index is 1.26. The van der Waals surface area contributed by atoms with Gasteiger partial charge in [-0.15, -0.1) is 5.10 Å². The van der Waals surface area contributed by atoms with Gasteiger partial charge in [0.1, 0.15) is 29.6 Å². The third-order valence-electron chi connectivity index (χ3n) is 4.92. The summed E-state index contributed by atoms with van der Waals surface area (Å²) in [6.07, 6.45) is 1.33. The zero-order chi connectivity index (χ0) is 20.5. The molecule has 10 nitrogen and oxygen atoms in total. The number of aromatic nitrogens is 4. The maximum atomic E-state index is 12.9. The van der Waals surface area contributed by atoms with Crippen molar-refractivity contribution < 1.29 is 23.5 Å². The Labute approximate surface area is 170 Å². The van der Waals surface area contributed by atoms with Crippen LogP contribution in [0.3, 0.4) is 0 Å². The number of ether oxygens (including phenoxy) is 2. The summed E-state index contributed by atoms with van der Waals surface area (Å²) in [6, 6.07) is 10.7. The largest absolute Gasteiger partial charge is 0.497 e. The molecule has 0 bridgehead atoms. The zero-order valence-corrected chi connectivity index (χ0v) is 16.2. The van der Waals surface area contributed by atoms with Crippen molar-refractivity contribution in [3.63, 3.8) is 0 Å². The van der Waals surface area contributed by atoms with Crippen LogP contribution in [-0.4, -0.2) is 70.5 Å². The van der Waals surface area contributed by atoms with Crippen LogP contribution in [-0.2, 0) is 4.74 Å². The van der Waals surface area contributed by atoms with Crippen molar-refractivity contribution in [3.05, 3.63) is 48.4 Å². The number of methoxy groups -OCH3 is 1. The molecule has 3 aromatic heterocycles. The normalized spacial score (nSPS) is 16.8. The van der Waals surface area contributed by atoms with Crippen LogP contribution in [0.25, 0.3) is 22.1 Å². The van der Waals surface area contributed by atoms with Crippen molar-refractivity contribution in [3.8, 4) is 5.75 Å². The average molecular weight is 409 g/mol. The summed E-state index contributed by atoms with van der Waals surface area (Å²) in [5, 5.41) is 8.75. The van der Waals surface area contributed by atoms with Crippen LogP contribution in [0.15, 0.2) is 47.0 Å². The number of carbonyl (C=O) groups excluding carboxylic acids is 1. The van der Waals surface area contributed by atoms with Gasteiger partial charge in [-0.3, -0.25) is 4.79 Å². The maximum absolute atomic E-state index is 12.9. The lowest BCUT2D eigenvalue weighted by Crippen LogP contribution is -2.48. The van der Waals surface area contributed by atoms with Crippen LogP contribution in [0.4, 0.5) is 0 Å². The molecule has 30 heavy (non-hydrogen) atoms. The van der Waals surface area contributed by atoms with Gasteiger partial charge in [-0.25, -0.2) is 4.98 Å². The Kier molecular flexibility index (Phi) is 4.68. The molecule has 4 heterocycles. The van der Waals surface area contributed by atoms with Gasteiger partial charge >= 0.3 is 0 Å². The first-order valence-corrected chi connectivity index (χ1v) is 9.49. The van der Waals surface area contributed by atoms with Gasteiger partial charge in [0, 0.05) is 18.1 Å². The van der Waals surface area contributed by atoms with Crippen molar-refractivity contribution in [2.24, 2.45) is 0 Å². The third kappa shape index (κ3) is 3.41. The van der Waals surface area contributed by atoms with E-state index >= 15 is 0 Å². The van der Waals surface area contributed by atoms with Crippen molar-refractivity contribution in [2.45, 2.75) is 6.10 Å². The standard InChI is InChI=1S/C20H19N5O5/c1-27-14-4-5-17-13(9-14)10-18(30-17)20(26)24-7-8-28-15(11-24)12-29-25-19-16(22-23-25)3-2-6-21-19/h2-6,9-10,15H,7-8,11-12H2,1H3. The molecule has 154 valence electrons. The second-order valence-electron chi connectivity index (χ2n) is 6.86. The predicted octanol–water partition coefficient (Wildman–Crippen LogP) is 1.55. The number of nitrogens with zero attached hydrogens (tertiary/aromatic N) is 5. The molecule has 1 aliphatic rings. The number of rotatable bonds is 5. The van der Waals surface area contributed by atoms with E-state index in [2.05, 4.69) is 15.3 Å². The lowest BCUT2D eigenvalue weighted by molar-refractivity contribution is -0.0684. The number of amides is 1. The molecule has 1 saturated heterocycles. The minimum atomic E-state index is -0.310. The van der Waals surface area contributed by atoms with Gasteiger partial charge in [0.05, 0.1) is 20.3 Å². The Morgan fingerprint density at radius 1 is 1.30 bits per heavy atom. The van der Waals surface area contributed by atoms with E-state index in [9.17, 15) is 4.79 Å². The summed E-state index contributed by atoms with van der Waals surface area (Å²) in [7, 11) is 1.60. The molecular formula is C20H19N5O5. The van der Waals surface area contributed by atoms with Gasteiger partial charge in [-0.1, -0.05) is 4.85 Å². The predicted molar refractivity (Wildman–Crippen MR) is 105 cm³/mol. The Bertz CT molecular complexity index is 1200. The second-order valence-corrected chi connectivity index (χ2v) is 6.86. The Hall–Kier alpha value is -3.66. The van der Waals surface area contributed by atoms with Crippen LogP contribution < -0.4 is 9.57 Å². The summed E-state index contributed by atoms with van der Waals surface area (Å²) in [6.45, 7) is 1.46. The first-order chi connectivity index (χ1) is 14.7. The van der Waals surface area contributed by atoms with Gasteiger partial charge in [-0.05, 0) is 41.6 Å². The third-order valence-corrected chi connectivity index (χ3v) is 4.92. The van der Waals surface area contributed by atoms with Crippen LogP contribution >= 0.6 is 0 Å². The highest BCUT2D eigenvalue weighted by Gasteiger charge is 2.28. The van der Waals surface area contributed by atoms with E-state index in [0.717, 1.165) is 5.39 Å². The number of benzene rings is 1. The van der Waals surface area contributed by atoms with Crippen molar-refractivity contribution in [1.82, 2.24) is 25.0 Å². The summed E-state index contributed by atoms with van der Waals surface area (Å²) in [5.74, 6) is 0.804. The Morgan fingerprint density at radius 2 is 2.23 bits per heavy atom. The molecule has 4 aromatic rings. The quantitative estimate of drug-likeness (QED) is 0.489. The number of pyridine rings is 1. The van der Waals surface area contributed by atoms with Crippen molar-refractivity contribution >= 4 is 28.0 Å². The second kappa shape index (κ2) is 7.64. The zero-order valence-electron chi connectivity index (χ0n) is 16.2. The number of furan rings is 1. The lowest BCUT2D eigenvalue weighted by Gasteiger charge is -2.31. The summed E-state index contributed by atoms with van der Waals surface area (Å²) >= 11 is 0. The number of hydrogen-bond donors (Lipinski definition) is 0. The molecule has 1 fully saturated rings. The van der Waals surface area contributed by atoms with Crippen LogP contribution in [0.1, 0.15) is 10.6 Å². The molecule has 1 aromatic carbocycles. The molecule has 0 spiro atoms. The fourth-order valence-electron chi connectivity index (χ4n) is 3.40. The average Bonchev–Trinajstić information content (AvgIpc) is 3.41. The maximum Gasteiger partial charge on any atom is 0.289 e. The summed E-state index contributed by atoms with van der Waals surface area (Å²) in [4.78, 5) is 25.8. The van der Waals surface area contributed by atoms with Gasteiger partial charge < -0.3 is 23.6 Å². The number of carbonyl (C=O) groups is 1. The molecular weight excluding hydrogens is 390 g/mol. The van der Waals surface area contributed by atoms with Gasteiger partial charge in [-0.2, -0.15) is 0 Å². The van der Waals surface area contributed by atoms with Gasteiger partial charge in [0.2, 0.25) is 5.65 Å². The fraction of sp³-hybridized carbons (Fsp3) is 0.300. The van der Waals surface area contributed by atoms with E-state index in [0.29, 0.717) is 42.2 Å². The minimum Gasteiger partial charge on any atom is -0.497 e. The highest BCUT2D eigenvalue weighted by Crippen LogP contribution is 2.25. The molecule has 0 saturated carbocycles. The first-order valence-electron chi connectivity index (χ1n) is 9.49. The Morgan fingerprint density at radius 3 is 3.13 bits per heavy atom. The van der Waals surface area contributed by atoms with E-state index in [1.165, 1.54) is 4.85 Å². The number of fused-ring (bicyclic) bond motifs is 2. The van der Waals surface area contributed by atoms with Crippen molar-refractivity contribution in [2.75, 3.05) is 33.4 Å². The van der Waals surface area contributed by atoms with E-state index in [4.69, 9.17) is 18.7 Å². The highest BCUT2D eigenvalue weighted by molar-refractivity contribution is 5.96. The molecule has 1 aliphatic heterocycles. The smallest absolute Gasteiger partial charge is 0.289 e. The molecule has 0 N–H and O–H groups in total. The lowest BCUT2D eigenvalue weighted by atomic mass is 10.2. The molecule has 1 unspecified atom stereocenters.